The summed E-state index contributed by atoms with van der Waals surface area (Å²) < 4.78 is 5.80. The maximum absolute atomic E-state index is 12.4. The van der Waals surface area contributed by atoms with Gasteiger partial charge in [-0.15, -0.1) is 0 Å². The molecule has 0 aliphatic heterocycles. The summed E-state index contributed by atoms with van der Waals surface area (Å²) in [5.41, 5.74) is 3.18. The summed E-state index contributed by atoms with van der Waals surface area (Å²) in [6.07, 6.45) is 3.26. The molecular formula is C22H27NO3. The second-order valence-corrected chi connectivity index (χ2v) is 6.80. The Hall–Kier alpha value is -2.75. The maximum atomic E-state index is 12.4. The van der Waals surface area contributed by atoms with Crippen LogP contribution in [0.15, 0.2) is 42.5 Å². The fourth-order valence-electron chi connectivity index (χ4n) is 2.61. The highest BCUT2D eigenvalue weighted by atomic mass is 16.5. The van der Waals surface area contributed by atoms with Crippen LogP contribution >= 0.6 is 0 Å². The number of phenols is 1. The fraction of sp³-hybridized carbons (Fsp3) is 0.318. The van der Waals surface area contributed by atoms with Gasteiger partial charge in [0, 0.05) is 29.9 Å². The molecule has 2 N–H and O–H groups in total. The summed E-state index contributed by atoms with van der Waals surface area (Å²) in [6.45, 7) is 7.88. The summed E-state index contributed by atoms with van der Waals surface area (Å²) in [5.74, 6) is 0.862. The largest absolute Gasteiger partial charge is 0.508 e. The highest BCUT2D eigenvalue weighted by Gasteiger charge is 2.13. The molecule has 0 radical (unpaired) electrons. The van der Waals surface area contributed by atoms with Gasteiger partial charge in [-0.25, -0.2) is 0 Å². The van der Waals surface area contributed by atoms with E-state index in [1.807, 2.05) is 52.9 Å². The Labute approximate surface area is 155 Å². The normalized spacial score (nSPS) is 11.3. The summed E-state index contributed by atoms with van der Waals surface area (Å²) in [6, 6.07) is 10.8. The Morgan fingerprint density at radius 2 is 1.77 bits per heavy atom. The highest BCUT2D eigenvalue weighted by Crippen LogP contribution is 2.34. The lowest BCUT2D eigenvalue weighted by atomic mass is 9.98. The Morgan fingerprint density at radius 3 is 2.31 bits per heavy atom. The van der Waals surface area contributed by atoms with Crippen LogP contribution in [-0.2, 0) is 0 Å². The Morgan fingerprint density at radius 1 is 1.12 bits per heavy atom. The molecule has 0 saturated heterocycles. The number of anilines is 1. The first-order valence-electron chi connectivity index (χ1n) is 8.85. The van der Waals surface area contributed by atoms with E-state index in [0.717, 1.165) is 16.8 Å². The Kier molecular flexibility index (Phi) is 6.45. The van der Waals surface area contributed by atoms with Gasteiger partial charge in [0.25, 0.3) is 0 Å². The minimum Gasteiger partial charge on any atom is -0.508 e. The second-order valence-electron chi connectivity index (χ2n) is 6.80. The van der Waals surface area contributed by atoms with Gasteiger partial charge in [0.05, 0.1) is 6.10 Å². The lowest BCUT2D eigenvalue weighted by Crippen LogP contribution is -2.07. The van der Waals surface area contributed by atoms with Crippen molar-refractivity contribution >= 4 is 17.5 Å². The SMILES string of the molecule is CNc1ccc(C(=O)/C=C/c2cc(C(C)C)c(O)cc2OC(C)C)cc1. The van der Waals surface area contributed by atoms with E-state index in [9.17, 15) is 9.90 Å². The number of phenolic OH excluding ortho intramolecular Hbond substituents is 1. The van der Waals surface area contributed by atoms with Crippen LogP contribution in [0.4, 0.5) is 5.69 Å². The molecule has 0 spiro atoms. The molecule has 138 valence electrons. The van der Waals surface area contributed by atoms with Gasteiger partial charge in [-0.05, 0) is 67.8 Å². The molecule has 0 amide bonds. The van der Waals surface area contributed by atoms with Crippen LogP contribution in [0, 0.1) is 0 Å². The fourth-order valence-corrected chi connectivity index (χ4v) is 2.61. The summed E-state index contributed by atoms with van der Waals surface area (Å²) in [7, 11) is 1.84. The molecular weight excluding hydrogens is 326 g/mol. The number of carbonyl (C=O) groups excluding carboxylic acids is 1. The van der Waals surface area contributed by atoms with Crippen LogP contribution in [0.2, 0.25) is 0 Å². The summed E-state index contributed by atoms with van der Waals surface area (Å²) >= 11 is 0. The quantitative estimate of drug-likeness (QED) is 0.528. The number of hydrogen-bond acceptors (Lipinski definition) is 4. The second kappa shape index (κ2) is 8.56. The monoisotopic (exact) mass is 353 g/mol. The van der Waals surface area contributed by atoms with E-state index < -0.39 is 0 Å². The highest BCUT2D eigenvalue weighted by molar-refractivity contribution is 6.07. The van der Waals surface area contributed by atoms with Crippen molar-refractivity contribution in [3.8, 4) is 11.5 Å². The van der Waals surface area contributed by atoms with Gasteiger partial charge in [0.1, 0.15) is 11.5 Å². The van der Waals surface area contributed by atoms with Gasteiger partial charge in [0.15, 0.2) is 5.78 Å². The third-order valence-corrected chi connectivity index (χ3v) is 4.02. The molecule has 0 aromatic heterocycles. The molecule has 26 heavy (non-hydrogen) atoms. The standard InChI is InChI=1S/C22H27NO3/c1-14(2)19-12-17(22(13-21(19)25)26-15(3)4)8-11-20(24)16-6-9-18(23-5)10-7-16/h6-15,23,25H,1-5H3/b11-8+. The number of nitrogens with one attached hydrogen (secondary N) is 1. The first kappa shape index (κ1) is 19.6. The lowest BCUT2D eigenvalue weighted by Gasteiger charge is -2.16. The predicted octanol–water partition coefficient (Wildman–Crippen LogP) is 5.24. The zero-order valence-corrected chi connectivity index (χ0v) is 16.0. The third kappa shape index (κ3) is 4.88. The predicted molar refractivity (Wildman–Crippen MR) is 107 cm³/mol. The Bertz CT molecular complexity index is 790. The zero-order valence-electron chi connectivity index (χ0n) is 16.0. The number of ether oxygens (including phenoxy) is 1. The molecule has 4 heteroatoms. The first-order valence-corrected chi connectivity index (χ1v) is 8.85. The number of allylic oxidation sites excluding steroid dienone is 1. The number of hydrogen-bond donors (Lipinski definition) is 2. The maximum Gasteiger partial charge on any atom is 0.185 e. The molecule has 0 aliphatic carbocycles. The molecule has 0 aliphatic rings. The van der Waals surface area contributed by atoms with E-state index in [2.05, 4.69) is 5.32 Å². The van der Waals surface area contributed by atoms with Crippen molar-refractivity contribution in [2.24, 2.45) is 0 Å². The summed E-state index contributed by atoms with van der Waals surface area (Å²) in [4.78, 5) is 12.4. The van der Waals surface area contributed by atoms with Crippen LogP contribution in [0.1, 0.15) is 55.1 Å². The molecule has 2 aromatic carbocycles. The van der Waals surface area contributed by atoms with Crippen molar-refractivity contribution in [2.75, 3.05) is 12.4 Å². The number of aromatic hydroxyl groups is 1. The van der Waals surface area contributed by atoms with Crippen LogP contribution < -0.4 is 10.1 Å². The third-order valence-electron chi connectivity index (χ3n) is 4.02. The zero-order chi connectivity index (χ0) is 19.3. The molecule has 4 nitrogen and oxygen atoms in total. The van der Waals surface area contributed by atoms with Gasteiger partial charge < -0.3 is 15.2 Å². The number of rotatable bonds is 7. The van der Waals surface area contributed by atoms with Crippen LogP contribution in [0.5, 0.6) is 11.5 Å². The van der Waals surface area contributed by atoms with Gasteiger partial charge in [-0.3, -0.25) is 4.79 Å². The van der Waals surface area contributed by atoms with E-state index in [4.69, 9.17) is 4.74 Å². The van der Waals surface area contributed by atoms with Crippen LogP contribution in [0.25, 0.3) is 6.08 Å². The van der Waals surface area contributed by atoms with Crippen LogP contribution in [0.3, 0.4) is 0 Å². The minimum atomic E-state index is -0.0812. The van der Waals surface area contributed by atoms with Crippen molar-refractivity contribution in [1.82, 2.24) is 0 Å². The van der Waals surface area contributed by atoms with Crippen molar-refractivity contribution < 1.29 is 14.6 Å². The first-order chi connectivity index (χ1) is 12.3. The minimum absolute atomic E-state index is 0.0313. The molecule has 0 atom stereocenters. The van der Waals surface area contributed by atoms with E-state index >= 15 is 0 Å². The van der Waals surface area contributed by atoms with E-state index in [1.165, 1.54) is 6.08 Å². The number of carbonyl (C=O) groups is 1. The smallest absolute Gasteiger partial charge is 0.185 e. The van der Waals surface area contributed by atoms with Gasteiger partial charge in [-0.2, -0.15) is 0 Å². The van der Waals surface area contributed by atoms with Crippen molar-refractivity contribution in [2.45, 2.75) is 39.7 Å². The van der Waals surface area contributed by atoms with Gasteiger partial charge in [-0.1, -0.05) is 13.8 Å². The van der Waals surface area contributed by atoms with E-state index in [1.54, 1.807) is 24.3 Å². The lowest BCUT2D eigenvalue weighted by molar-refractivity contribution is 0.104. The average Bonchev–Trinajstić information content (AvgIpc) is 2.60. The molecule has 2 rings (SSSR count). The van der Waals surface area contributed by atoms with Crippen molar-refractivity contribution in [1.29, 1.82) is 0 Å². The van der Waals surface area contributed by atoms with Crippen molar-refractivity contribution in [3.63, 3.8) is 0 Å². The molecule has 0 bridgehead atoms. The van der Waals surface area contributed by atoms with Crippen LogP contribution in [-0.4, -0.2) is 24.0 Å². The van der Waals surface area contributed by atoms with E-state index in [-0.39, 0.29) is 23.6 Å². The van der Waals surface area contributed by atoms with Crippen molar-refractivity contribution in [3.05, 3.63) is 59.2 Å². The van der Waals surface area contributed by atoms with E-state index in [0.29, 0.717) is 11.3 Å². The number of benzene rings is 2. The molecule has 2 aromatic rings. The molecule has 0 unspecified atom stereocenters. The Balaban J connectivity index is 2.33. The summed E-state index contributed by atoms with van der Waals surface area (Å²) in [5, 5.41) is 13.3. The molecule has 0 saturated carbocycles. The topological polar surface area (TPSA) is 58.6 Å². The molecule has 0 fully saturated rings. The van der Waals surface area contributed by atoms with Gasteiger partial charge in [0.2, 0.25) is 0 Å². The number of ketones is 1. The average molecular weight is 353 g/mol. The van der Waals surface area contributed by atoms with Gasteiger partial charge >= 0.3 is 0 Å². The molecule has 0 heterocycles.